The minimum atomic E-state index is -0.153. The summed E-state index contributed by atoms with van der Waals surface area (Å²) in [6.07, 6.45) is 2.01. The van der Waals surface area contributed by atoms with Crippen LogP contribution in [0.3, 0.4) is 0 Å². The Kier molecular flexibility index (Phi) is 2.03. The summed E-state index contributed by atoms with van der Waals surface area (Å²) in [6.45, 7) is 1.69. The van der Waals surface area contributed by atoms with Crippen LogP contribution in [-0.4, -0.2) is 5.78 Å². The molecule has 0 aromatic heterocycles. The van der Waals surface area contributed by atoms with E-state index in [0.29, 0.717) is 5.78 Å². The largest absolute Gasteiger partial charge is 0.299 e. The van der Waals surface area contributed by atoms with Gasteiger partial charge in [0.1, 0.15) is 5.78 Å². The van der Waals surface area contributed by atoms with Crippen molar-refractivity contribution in [2.45, 2.75) is 25.2 Å². The van der Waals surface area contributed by atoms with Gasteiger partial charge in [-0.25, -0.2) is 0 Å². The van der Waals surface area contributed by atoms with Crippen LogP contribution >= 0.6 is 15.9 Å². The zero-order valence-corrected chi connectivity index (χ0v) is 9.10. The van der Waals surface area contributed by atoms with Crippen molar-refractivity contribution >= 4 is 21.7 Å². The molecule has 2 heteroatoms. The molecule has 0 saturated heterocycles. The molecule has 0 heterocycles. The van der Waals surface area contributed by atoms with Gasteiger partial charge in [-0.2, -0.15) is 0 Å². The highest BCUT2D eigenvalue weighted by Crippen LogP contribution is 2.50. The summed E-state index contributed by atoms with van der Waals surface area (Å²) in [6, 6.07) is 8.00. The fourth-order valence-corrected chi connectivity index (χ4v) is 2.45. The second-order valence-electron chi connectivity index (χ2n) is 3.62. The van der Waals surface area contributed by atoms with Crippen molar-refractivity contribution in [2.75, 3.05) is 0 Å². The lowest BCUT2D eigenvalue weighted by molar-refractivity contribution is -0.119. The van der Waals surface area contributed by atoms with E-state index in [1.54, 1.807) is 6.92 Å². The van der Waals surface area contributed by atoms with Crippen LogP contribution in [0.4, 0.5) is 0 Å². The van der Waals surface area contributed by atoms with Crippen LogP contribution in [0, 0.1) is 0 Å². The maximum atomic E-state index is 11.5. The number of halogens is 1. The molecule has 13 heavy (non-hydrogen) atoms. The van der Waals surface area contributed by atoms with E-state index in [4.69, 9.17) is 0 Å². The zero-order chi connectivity index (χ0) is 9.47. The fraction of sp³-hybridized carbons (Fsp3) is 0.364. The Labute approximate surface area is 86.3 Å². The van der Waals surface area contributed by atoms with E-state index in [-0.39, 0.29) is 5.41 Å². The highest BCUT2D eigenvalue weighted by Gasteiger charge is 2.49. The van der Waals surface area contributed by atoms with Crippen LogP contribution in [0.5, 0.6) is 0 Å². The van der Waals surface area contributed by atoms with Crippen LogP contribution in [0.15, 0.2) is 28.7 Å². The third-order valence-corrected chi connectivity index (χ3v) is 3.50. The highest BCUT2D eigenvalue weighted by molar-refractivity contribution is 9.10. The molecule has 0 atom stereocenters. The first-order chi connectivity index (χ1) is 6.17. The van der Waals surface area contributed by atoms with Gasteiger partial charge in [-0.1, -0.05) is 34.1 Å². The van der Waals surface area contributed by atoms with Gasteiger partial charge in [0, 0.05) is 4.47 Å². The molecular formula is C11H11BrO. The second kappa shape index (κ2) is 2.95. The summed E-state index contributed by atoms with van der Waals surface area (Å²) in [5, 5.41) is 0. The molecule has 2 rings (SSSR count). The molecule has 1 aromatic rings. The van der Waals surface area contributed by atoms with E-state index >= 15 is 0 Å². The highest BCUT2D eigenvalue weighted by atomic mass is 79.9. The SMILES string of the molecule is CC(=O)C1(c2ccccc2Br)CC1. The van der Waals surface area contributed by atoms with Gasteiger partial charge in [-0.3, -0.25) is 4.79 Å². The summed E-state index contributed by atoms with van der Waals surface area (Å²) in [7, 11) is 0. The lowest BCUT2D eigenvalue weighted by Gasteiger charge is -2.13. The van der Waals surface area contributed by atoms with Crippen LogP contribution in [0.2, 0.25) is 0 Å². The molecule has 0 radical (unpaired) electrons. The maximum absolute atomic E-state index is 11.5. The molecule has 0 bridgehead atoms. The van der Waals surface area contributed by atoms with Gasteiger partial charge in [-0.15, -0.1) is 0 Å². The predicted molar refractivity (Wildman–Crippen MR) is 55.7 cm³/mol. The third kappa shape index (κ3) is 1.33. The molecule has 1 saturated carbocycles. The van der Waals surface area contributed by atoms with Crippen molar-refractivity contribution in [3.8, 4) is 0 Å². The molecule has 68 valence electrons. The number of benzene rings is 1. The number of carbonyl (C=O) groups is 1. The van der Waals surface area contributed by atoms with Crippen LogP contribution in [0.25, 0.3) is 0 Å². The Bertz CT molecular complexity index is 353. The van der Waals surface area contributed by atoms with E-state index in [1.165, 1.54) is 0 Å². The average molecular weight is 239 g/mol. The van der Waals surface area contributed by atoms with Crippen molar-refractivity contribution < 1.29 is 4.79 Å². The van der Waals surface area contributed by atoms with Gasteiger partial charge in [-0.05, 0) is 31.4 Å². The molecule has 0 spiro atoms. The topological polar surface area (TPSA) is 17.1 Å². The molecular weight excluding hydrogens is 228 g/mol. The number of rotatable bonds is 2. The summed E-state index contributed by atoms with van der Waals surface area (Å²) >= 11 is 3.49. The number of Topliss-reactive ketones (excluding diaryl/α,β-unsaturated/α-hetero) is 1. The first kappa shape index (κ1) is 8.95. The van der Waals surface area contributed by atoms with Crippen molar-refractivity contribution in [3.05, 3.63) is 34.3 Å². The number of hydrogen-bond donors (Lipinski definition) is 0. The van der Waals surface area contributed by atoms with Crippen molar-refractivity contribution in [2.24, 2.45) is 0 Å². The second-order valence-corrected chi connectivity index (χ2v) is 4.47. The van der Waals surface area contributed by atoms with Gasteiger partial charge in [0.25, 0.3) is 0 Å². The zero-order valence-electron chi connectivity index (χ0n) is 7.51. The molecule has 1 aliphatic rings. The molecule has 1 aliphatic carbocycles. The first-order valence-corrected chi connectivity index (χ1v) is 5.22. The lowest BCUT2D eigenvalue weighted by atomic mass is 9.92. The Morgan fingerprint density at radius 1 is 1.38 bits per heavy atom. The van der Waals surface area contributed by atoms with Gasteiger partial charge in [0.2, 0.25) is 0 Å². The van der Waals surface area contributed by atoms with Crippen LogP contribution in [-0.2, 0) is 10.2 Å². The Morgan fingerprint density at radius 2 is 2.00 bits per heavy atom. The molecule has 0 N–H and O–H groups in total. The standard InChI is InChI=1S/C11H11BrO/c1-8(13)11(6-7-11)9-4-2-3-5-10(9)12/h2-5H,6-7H2,1H3. The maximum Gasteiger partial charge on any atom is 0.140 e. The quantitative estimate of drug-likeness (QED) is 0.775. The minimum absolute atomic E-state index is 0.153. The summed E-state index contributed by atoms with van der Waals surface area (Å²) in [4.78, 5) is 11.5. The van der Waals surface area contributed by atoms with E-state index in [0.717, 1.165) is 22.9 Å². The normalized spacial score (nSPS) is 18.3. The average Bonchev–Trinajstić information content (AvgIpc) is 2.85. The summed E-state index contributed by atoms with van der Waals surface area (Å²) in [5.41, 5.74) is 1.00. The van der Waals surface area contributed by atoms with Crippen molar-refractivity contribution in [1.29, 1.82) is 0 Å². The van der Waals surface area contributed by atoms with E-state index in [9.17, 15) is 4.79 Å². The fourth-order valence-electron chi connectivity index (χ4n) is 1.79. The lowest BCUT2D eigenvalue weighted by Crippen LogP contribution is -2.17. The minimum Gasteiger partial charge on any atom is -0.299 e. The Morgan fingerprint density at radius 3 is 2.46 bits per heavy atom. The number of carbonyl (C=O) groups excluding carboxylic acids is 1. The van der Waals surface area contributed by atoms with Gasteiger partial charge < -0.3 is 0 Å². The van der Waals surface area contributed by atoms with Crippen LogP contribution in [0.1, 0.15) is 25.3 Å². The van der Waals surface area contributed by atoms with Crippen molar-refractivity contribution in [3.63, 3.8) is 0 Å². The van der Waals surface area contributed by atoms with Crippen molar-refractivity contribution in [1.82, 2.24) is 0 Å². The molecule has 1 fully saturated rings. The third-order valence-electron chi connectivity index (χ3n) is 2.81. The van der Waals surface area contributed by atoms with Gasteiger partial charge in [0.15, 0.2) is 0 Å². The Balaban J connectivity index is 2.47. The predicted octanol–water partition coefficient (Wildman–Crippen LogP) is 3.07. The first-order valence-electron chi connectivity index (χ1n) is 4.43. The smallest absolute Gasteiger partial charge is 0.140 e. The monoisotopic (exact) mass is 238 g/mol. The number of hydrogen-bond acceptors (Lipinski definition) is 1. The van der Waals surface area contributed by atoms with E-state index in [2.05, 4.69) is 15.9 Å². The Hall–Kier alpha value is -0.630. The summed E-state index contributed by atoms with van der Waals surface area (Å²) in [5.74, 6) is 0.291. The molecule has 0 amide bonds. The van der Waals surface area contributed by atoms with Gasteiger partial charge in [0.05, 0.1) is 5.41 Å². The number of ketones is 1. The summed E-state index contributed by atoms with van der Waals surface area (Å²) < 4.78 is 1.06. The van der Waals surface area contributed by atoms with E-state index < -0.39 is 0 Å². The molecule has 1 aromatic carbocycles. The molecule has 1 nitrogen and oxygen atoms in total. The molecule has 0 aliphatic heterocycles. The molecule has 0 unspecified atom stereocenters. The van der Waals surface area contributed by atoms with Gasteiger partial charge >= 0.3 is 0 Å². The van der Waals surface area contributed by atoms with E-state index in [1.807, 2.05) is 24.3 Å². The van der Waals surface area contributed by atoms with Crippen LogP contribution < -0.4 is 0 Å².